The Balaban J connectivity index is 0.00000392. The minimum atomic E-state index is -4.77. The Morgan fingerprint density at radius 1 is 1.00 bits per heavy atom. The van der Waals surface area contributed by atoms with Crippen molar-refractivity contribution in [2.45, 2.75) is 25.8 Å². The molecular weight excluding hydrogens is 486 g/mol. The van der Waals surface area contributed by atoms with E-state index < -0.39 is 6.36 Å². The first-order valence-electron chi connectivity index (χ1n) is 8.47. The van der Waals surface area contributed by atoms with E-state index in [0.29, 0.717) is 19.8 Å². The van der Waals surface area contributed by atoms with Crippen LogP contribution in [0.5, 0.6) is 5.75 Å². The summed E-state index contributed by atoms with van der Waals surface area (Å²) in [5, 5.41) is 2.63. The minimum Gasteiger partial charge on any atom is -0.404 e. The van der Waals surface area contributed by atoms with Gasteiger partial charge in [-0.2, -0.15) is 0 Å². The Bertz CT molecular complexity index is 728. The van der Waals surface area contributed by atoms with Gasteiger partial charge in [0.05, 0.1) is 12.3 Å². The topological polar surface area (TPSA) is 68.9 Å². The number of hydrogen-bond acceptors (Lipinski definition) is 3. The first-order valence-corrected chi connectivity index (χ1v) is 8.47. The van der Waals surface area contributed by atoms with Gasteiger partial charge in [0.2, 0.25) is 0 Å². The van der Waals surface area contributed by atoms with Crippen molar-refractivity contribution in [3.63, 3.8) is 0 Å². The Hall–Kier alpha value is -2.01. The maximum Gasteiger partial charge on any atom is 0.573 e. The van der Waals surface area contributed by atoms with Crippen molar-refractivity contribution in [1.29, 1.82) is 0 Å². The number of hydrogen-bond donors (Lipinski definition) is 2. The second-order valence-corrected chi connectivity index (χ2v) is 5.68. The van der Waals surface area contributed by atoms with Crippen LogP contribution < -0.4 is 15.8 Å². The Labute approximate surface area is 179 Å². The summed E-state index contributed by atoms with van der Waals surface area (Å²) >= 11 is 0. The van der Waals surface area contributed by atoms with Crippen LogP contribution in [0.4, 0.5) is 18.9 Å². The van der Waals surface area contributed by atoms with Crippen molar-refractivity contribution >= 4 is 35.6 Å². The molecule has 0 amide bonds. The van der Waals surface area contributed by atoms with Gasteiger partial charge in [-0.1, -0.05) is 42.5 Å². The summed E-state index contributed by atoms with van der Waals surface area (Å²) in [6.07, 6.45) is -3.22. The molecule has 0 spiro atoms. The molecule has 0 saturated carbocycles. The maximum absolute atomic E-state index is 12.4. The van der Waals surface area contributed by atoms with Gasteiger partial charge in [-0.15, -0.1) is 37.1 Å². The van der Waals surface area contributed by atoms with Crippen molar-refractivity contribution in [3.05, 3.63) is 60.2 Å². The number of aliphatic imine (C=N–C) groups is 1. The third-order valence-corrected chi connectivity index (χ3v) is 3.47. The van der Waals surface area contributed by atoms with Crippen molar-refractivity contribution in [2.24, 2.45) is 10.7 Å². The second kappa shape index (κ2) is 12.4. The van der Waals surface area contributed by atoms with Crippen LogP contribution in [0.25, 0.3) is 0 Å². The third-order valence-electron chi connectivity index (χ3n) is 3.47. The molecule has 3 N–H and O–H groups in total. The average Bonchev–Trinajstić information content (AvgIpc) is 2.62. The van der Waals surface area contributed by atoms with E-state index >= 15 is 0 Å². The molecule has 0 bridgehead atoms. The van der Waals surface area contributed by atoms with E-state index in [1.165, 1.54) is 18.2 Å². The van der Waals surface area contributed by atoms with Gasteiger partial charge in [-0.25, -0.2) is 0 Å². The number of anilines is 1. The van der Waals surface area contributed by atoms with Crippen molar-refractivity contribution in [2.75, 3.05) is 18.5 Å². The van der Waals surface area contributed by atoms with Crippen LogP contribution in [0.3, 0.4) is 0 Å². The number of rotatable bonds is 9. The number of unbranched alkanes of at least 4 members (excludes halogenated alkanes) is 1. The van der Waals surface area contributed by atoms with Gasteiger partial charge in [0.1, 0.15) is 0 Å². The molecule has 5 nitrogen and oxygen atoms in total. The molecule has 0 aliphatic heterocycles. The van der Waals surface area contributed by atoms with Gasteiger partial charge in [0.15, 0.2) is 11.7 Å². The Kier molecular flexibility index (Phi) is 10.7. The molecule has 28 heavy (non-hydrogen) atoms. The second-order valence-electron chi connectivity index (χ2n) is 5.68. The highest BCUT2D eigenvalue weighted by Gasteiger charge is 2.32. The molecule has 0 heterocycles. The largest absolute Gasteiger partial charge is 0.573 e. The summed E-state index contributed by atoms with van der Waals surface area (Å²) in [6, 6.07) is 15.5. The van der Waals surface area contributed by atoms with Crippen molar-refractivity contribution in [1.82, 2.24) is 0 Å². The molecule has 0 radical (unpaired) electrons. The van der Waals surface area contributed by atoms with E-state index in [4.69, 9.17) is 10.5 Å². The van der Waals surface area contributed by atoms with E-state index in [0.717, 1.165) is 18.4 Å². The van der Waals surface area contributed by atoms with Gasteiger partial charge < -0.3 is 20.5 Å². The Morgan fingerprint density at radius 2 is 1.68 bits per heavy atom. The van der Waals surface area contributed by atoms with E-state index in [9.17, 15) is 13.2 Å². The lowest BCUT2D eigenvalue weighted by atomic mass is 10.2. The quantitative estimate of drug-likeness (QED) is 0.218. The van der Waals surface area contributed by atoms with Crippen LogP contribution >= 0.6 is 24.0 Å². The fourth-order valence-corrected chi connectivity index (χ4v) is 2.24. The van der Waals surface area contributed by atoms with Crippen LogP contribution in [0, 0.1) is 0 Å². The molecule has 0 unspecified atom stereocenters. The number of nitrogens with two attached hydrogens (primary N) is 1. The smallest absolute Gasteiger partial charge is 0.404 e. The lowest BCUT2D eigenvalue weighted by Crippen LogP contribution is -2.24. The normalized spacial score (nSPS) is 11.6. The maximum atomic E-state index is 12.4. The first-order chi connectivity index (χ1) is 12.9. The van der Waals surface area contributed by atoms with Crippen LogP contribution in [0.15, 0.2) is 59.6 Å². The zero-order valence-corrected chi connectivity index (χ0v) is 17.4. The van der Waals surface area contributed by atoms with E-state index in [1.807, 2.05) is 30.3 Å². The monoisotopic (exact) mass is 509 g/mol. The highest BCUT2D eigenvalue weighted by Crippen LogP contribution is 2.29. The SMILES string of the molecule is I.NC(=NCCCCOCc1ccccc1)Nc1ccccc1OC(F)(F)F. The first kappa shape index (κ1) is 24.0. The summed E-state index contributed by atoms with van der Waals surface area (Å²) < 4.78 is 46.7. The highest BCUT2D eigenvalue weighted by molar-refractivity contribution is 14.0. The molecule has 0 atom stereocenters. The molecule has 2 rings (SSSR count). The number of ether oxygens (including phenoxy) is 2. The predicted octanol–water partition coefficient (Wildman–Crippen LogP) is 4.93. The standard InChI is InChI=1S/C19H22F3N3O2.HI/c20-19(21,22)27-17-11-5-4-10-16(17)25-18(23)24-12-6-7-13-26-14-15-8-2-1-3-9-15;/h1-5,8-11H,6-7,12-14H2,(H3,23,24,25);1H. The van der Waals surface area contributed by atoms with Gasteiger partial charge in [0, 0.05) is 13.2 Å². The van der Waals surface area contributed by atoms with Crippen molar-refractivity contribution < 1.29 is 22.6 Å². The predicted molar refractivity (Wildman–Crippen MR) is 114 cm³/mol. The minimum absolute atomic E-state index is 0. The molecular formula is C19H23F3IN3O2. The van der Waals surface area contributed by atoms with E-state index in [1.54, 1.807) is 6.07 Å². The number of benzene rings is 2. The summed E-state index contributed by atoms with van der Waals surface area (Å²) in [4.78, 5) is 4.10. The number of para-hydroxylation sites is 2. The van der Waals surface area contributed by atoms with Crippen LogP contribution in [0.2, 0.25) is 0 Å². The van der Waals surface area contributed by atoms with E-state index in [-0.39, 0.29) is 41.4 Å². The fourth-order valence-electron chi connectivity index (χ4n) is 2.24. The molecule has 0 aliphatic carbocycles. The molecule has 154 valence electrons. The zero-order chi connectivity index (χ0) is 19.5. The van der Waals surface area contributed by atoms with Gasteiger partial charge in [-0.3, -0.25) is 4.99 Å². The molecule has 2 aromatic carbocycles. The highest BCUT2D eigenvalue weighted by atomic mass is 127. The average molecular weight is 509 g/mol. The number of nitrogens with zero attached hydrogens (tertiary/aromatic N) is 1. The summed E-state index contributed by atoms with van der Waals surface area (Å²) in [5.74, 6) is -0.337. The van der Waals surface area contributed by atoms with Gasteiger partial charge in [0.25, 0.3) is 0 Å². The Morgan fingerprint density at radius 3 is 2.39 bits per heavy atom. The number of guanidine groups is 1. The van der Waals surface area contributed by atoms with Gasteiger partial charge in [-0.05, 0) is 30.5 Å². The van der Waals surface area contributed by atoms with Gasteiger partial charge >= 0.3 is 6.36 Å². The number of nitrogens with one attached hydrogen (secondary N) is 1. The lowest BCUT2D eigenvalue weighted by Gasteiger charge is -2.14. The molecule has 0 aliphatic rings. The van der Waals surface area contributed by atoms with Crippen LogP contribution in [-0.2, 0) is 11.3 Å². The molecule has 0 fully saturated rings. The molecule has 0 saturated heterocycles. The third kappa shape index (κ3) is 9.79. The number of alkyl halides is 3. The lowest BCUT2D eigenvalue weighted by molar-refractivity contribution is -0.274. The van der Waals surface area contributed by atoms with Crippen LogP contribution in [-0.4, -0.2) is 25.5 Å². The fraction of sp³-hybridized carbons (Fsp3) is 0.316. The molecule has 0 aromatic heterocycles. The molecule has 9 heteroatoms. The van der Waals surface area contributed by atoms with Crippen molar-refractivity contribution in [3.8, 4) is 5.75 Å². The van der Waals surface area contributed by atoms with Crippen LogP contribution in [0.1, 0.15) is 18.4 Å². The van der Waals surface area contributed by atoms with E-state index in [2.05, 4.69) is 15.0 Å². The zero-order valence-electron chi connectivity index (χ0n) is 15.1. The molecule has 2 aromatic rings. The summed E-state index contributed by atoms with van der Waals surface area (Å²) in [5.41, 5.74) is 6.94. The number of halogens is 4. The summed E-state index contributed by atoms with van der Waals surface area (Å²) in [7, 11) is 0. The summed E-state index contributed by atoms with van der Waals surface area (Å²) in [6.45, 7) is 1.60.